The van der Waals surface area contributed by atoms with Crippen LogP contribution < -0.4 is 4.74 Å². The van der Waals surface area contributed by atoms with Crippen molar-refractivity contribution in [1.29, 1.82) is 0 Å². The van der Waals surface area contributed by atoms with Gasteiger partial charge in [-0.05, 0) is 54.7 Å². The Hall–Kier alpha value is -1.59. The van der Waals surface area contributed by atoms with Gasteiger partial charge in [-0.3, -0.25) is 0 Å². The number of alkyl halides is 3. The average Bonchev–Trinajstić information content (AvgIpc) is 2.63. The minimum Gasteiger partial charge on any atom is -0.399 e. The van der Waals surface area contributed by atoms with Crippen molar-refractivity contribution in [3.05, 3.63) is 40.5 Å². The Kier molecular flexibility index (Phi) is 6.11. The standard InChI is InChI=1S/C21H25F5O/c1-2-13-3-5-14(6-4-13)7-8-15-9-10-17-16(11-15)12-18(22)20(19(17)23)27-21(24,25)26/h9,12-14H,2-8,10-11H2,1H3. The van der Waals surface area contributed by atoms with Crippen molar-refractivity contribution in [2.24, 2.45) is 11.8 Å². The van der Waals surface area contributed by atoms with Crippen LogP contribution in [0.15, 0.2) is 17.7 Å². The summed E-state index contributed by atoms with van der Waals surface area (Å²) in [6, 6.07) is 0.985. The van der Waals surface area contributed by atoms with Crippen molar-refractivity contribution in [2.45, 2.75) is 71.1 Å². The zero-order chi connectivity index (χ0) is 19.6. The van der Waals surface area contributed by atoms with Crippen LogP contribution in [0.3, 0.4) is 0 Å². The molecule has 0 radical (unpaired) electrons. The second-order valence-electron chi connectivity index (χ2n) is 7.76. The lowest BCUT2D eigenvalue weighted by atomic mass is 9.78. The van der Waals surface area contributed by atoms with Crippen molar-refractivity contribution in [2.75, 3.05) is 0 Å². The Morgan fingerprint density at radius 2 is 1.74 bits per heavy atom. The van der Waals surface area contributed by atoms with Gasteiger partial charge in [-0.25, -0.2) is 8.78 Å². The number of hydrogen-bond acceptors (Lipinski definition) is 1. The third kappa shape index (κ3) is 5.02. The summed E-state index contributed by atoms with van der Waals surface area (Å²) < 4.78 is 68.9. The maximum Gasteiger partial charge on any atom is 0.573 e. The first kappa shape index (κ1) is 20.2. The molecule has 2 aliphatic rings. The lowest BCUT2D eigenvalue weighted by molar-refractivity contribution is -0.276. The molecule has 0 aromatic heterocycles. The molecule has 0 atom stereocenters. The Morgan fingerprint density at radius 3 is 2.37 bits per heavy atom. The molecule has 0 aliphatic heterocycles. The summed E-state index contributed by atoms with van der Waals surface area (Å²) in [4.78, 5) is 0. The number of allylic oxidation sites excluding steroid dienone is 2. The van der Waals surface area contributed by atoms with Gasteiger partial charge < -0.3 is 4.74 Å². The number of ether oxygens (including phenoxy) is 1. The highest BCUT2D eigenvalue weighted by Crippen LogP contribution is 2.37. The third-order valence-electron chi connectivity index (χ3n) is 6.02. The van der Waals surface area contributed by atoms with Gasteiger partial charge in [-0.15, -0.1) is 13.2 Å². The monoisotopic (exact) mass is 388 g/mol. The van der Waals surface area contributed by atoms with Gasteiger partial charge >= 0.3 is 6.36 Å². The van der Waals surface area contributed by atoms with Crippen LogP contribution in [-0.2, 0) is 12.8 Å². The number of hydrogen-bond donors (Lipinski definition) is 0. The van der Waals surface area contributed by atoms with E-state index in [4.69, 9.17) is 0 Å². The van der Waals surface area contributed by atoms with E-state index >= 15 is 0 Å². The molecule has 1 nitrogen and oxygen atoms in total. The van der Waals surface area contributed by atoms with E-state index in [0.717, 1.165) is 30.4 Å². The number of fused-ring (bicyclic) bond motifs is 1. The van der Waals surface area contributed by atoms with E-state index in [1.54, 1.807) is 0 Å². The number of rotatable bonds is 5. The molecule has 6 heteroatoms. The van der Waals surface area contributed by atoms with Crippen LogP contribution in [0.2, 0.25) is 0 Å². The first-order valence-electron chi connectivity index (χ1n) is 9.70. The summed E-state index contributed by atoms with van der Waals surface area (Å²) in [5, 5.41) is 0. The van der Waals surface area contributed by atoms with Gasteiger partial charge in [0, 0.05) is 0 Å². The van der Waals surface area contributed by atoms with E-state index in [1.807, 2.05) is 6.08 Å². The molecule has 1 aromatic rings. The van der Waals surface area contributed by atoms with Gasteiger partial charge in [0.05, 0.1) is 0 Å². The molecule has 3 rings (SSSR count). The lowest BCUT2D eigenvalue weighted by Crippen LogP contribution is -2.20. The van der Waals surface area contributed by atoms with Crippen molar-refractivity contribution in [3.8, 4) is 5.75 Å². The van der Waals surface area contributed by atoms with Crippen LogP contribution in [0, 0.1) is 23.5 Å². The van der Waals surface area contributed by atoms with E-state index in [0.29, 0.717) is 17.9 Å². The van der Waals surface area contributed by atoms with E-state index < -0.39 is 23.7 Å². The average molecular weight is 388 g/mol. The highest BCUT2D eigenvalue weighted by molar-refractivity contribution is 5.44. The Labute approximate surface area is 156 Å². The fourth-order valence-corrected chi connectivity index (χ4v) is 4.35. The molecule has 1 saturated carbocycles. The molecule has 27 heavy (non-hydrogen) atoms. The van der Waals surface area contributed by atoms with Gasteiger partial charge in [-0.1, -0.05) is 50.7 Å². The van der Waals surface area contributed by atoms with Crippen LogP contribution in [0.25, 0.3) is 0 Å². The molecule has 0 N–H and O–H groups in total. The Balaban J connectivity index is 1.62. The van der Waals surface area contributed by atoms with E-state index in [1.165, 1.54) is 32.1 Å². The summed E-state index contributed by atoms with van der Waals surface area (Å²) >= 11 is 0. The molecule has 0 spiro atoms. The zero-order valence-electron chi connectivity index (χ0n) is 15.5. The summed E-state index contributed by atoms with van der Waals surface area (Å²) in [5.74, 6) is -2.35. The summed E-state index contributed by atoms with van der Waals surface area (Å²) in [6.45, 7) is 2.23. The smallest absolute Gasteiger partial charge is 0.399 e. The molecule has 1 aromatic carbocycles. The molecule has 2 aliphatic carbocycles. The van der Waals surface area contributed by atoms with Crippen LogP contribution in [-0.4, -0.2) is 6.36 Å². The van der Waals surface area contributed by atoms with E-state index in [-0.39, 0.29) is 12.0 Å². The third-order valence-corrected chi connectivity index (χ3v) is 6.02. The minimum atomic E-state index is -5.12. The van der Waals surface area contributed by atoms with Crippen molar-refractivity contribution in [3.63, 3.8) is 0 Å². The lowest BCUT2D eigenvalue weighted by Gasteiger charge is -2.28. The van der Waals surface area contributed by atoms with Crippen molar-refractivity contribution < 1.29 is 26.7 Å². The maximum atomic E-state index is 14.3. The molecule has 150 valence electrons. The van der Waals surface area contributed by atoms with E-state index in [2.05, 4.69) is 11.7 Å². The van der Waals surface area contributed by atoms with Crippen LogP contribution in [0.5, 0.6) is 5.75 Å². The normalized spacial score (nSPS) is 23.0. The molecule has 0 amide bonds. The number of halogens is 5. The Bertz CT molecular complexity index is 700. The predicted octanol–water partition coefficient (Wildman–Crippen LogP) is 6.89. The van der Waals surface area contributed by atoms with Crippen molar-refractivity contribution >= 4 is 0 Å². The molecule has 1 fully saturated rings. The largest absolute Gasteiger partial charge is 0.573 e. The second-order valence-corrected chi connectivity index (χ2v) is 7.76. The summed E-state index contributed by atoms with van der Waals surface area (Å²) in [6.07, 6.45) is 5.54. The molecule has 0 heterocycles. The van der Waals surface area contributed by atoms with Gasteiger partial charge in [-0.2, -0.15) is 0 Å². The zero-order valence-corrected chi connectivity index (χ0v) is 15.5. The first-order valence-corrected chi connectivity index (χ1v) is 9.70. The van der Waals surface area contributed by atoms with Gasteiger partial charge in [0.15, 0.2) is 11.6 Å². The molecular formula is C21H25F5O. The fraction of sp³-hybridized carbons (Fsp3) is 0.619. The van der Waals surface area contributed by atoms with Gasteiger partial charge in [0.1, 0.15) is 0 Å². The topological polar surface area (TPSA) is 9.23 Å². The SMILES string of the molecule is CCC1CCC(CCC2=CCc3c(cc(F)c(OC(F)(F)F)c3F)C2)CC1. The van der Waals surface area contributed by atoms with Crippen LogP contribution in [0.4, 0.5) is 22.0 Å². The summed E-state index contributed by atoms with van der Waals surface area (Å²) in [5.41, 5.74) is 1.64. The number of benzene rings is 1. The molecular weight excluding hydrogens is 363 g/mol. The van der Waals surface area contributed by atoms with Crippen LogP contribution >= 0.6 is 0 Å². The second kappa shape index (κ2) is 8.19. The quantitative estimate of drug-likeness (QED) is 0.394. The van der Waals surface area contributed by atoms with Crippen molar-refractivity contribution in [1.82, 2.24) is 0 Å². The Morgan fingerprint density at radius 1 is 1.07 bits per heavy atom. The first-order chi connectivity index (χ1) is 12.8. The fourth-order valence-electron chi connectivity index (χ4n) is 4.35. The molecule has 0 saturated heterocycles. The molecule has 0 unspecified atom stereocenters. The van der Waals surface area contributed by atoms with E-state index in [9.17, 15) is 22.0 Å². The highest BCUT2D eigenvalue weighted by atomic mass is 19.4. The minimum absolute atomic E-state index is 0.0999. The molecule has 0 bridgehead atoms. The summed E-state index contributed by atoms with van der Waals surface area (Å²) in [7, 11) is 0. The van der Waals surface area contributed by atoms with Gasteiger partial charge in [0.2, 0.25) is 5.75 Å². The van der Waals surface area contributed by atoms with Gasteiger partial charge in [0.25, 0.3) is 0 Å². The van der Waals surface area contributed by atoms with Crippen LogP contribution in [0.1, 0.15) is 63.0 Å². The maximum absolute atomic E-state index is 14.3. The highest BCUT2D eigenvalue weighted by Gasteiger charge is 2.35. The predicted molar refractivity (Wildman–Crippen MR) is 93.5 cm³/mol.